The molecular formula is C19H25BrN4O5S. The maximum absolute atomic E-state index is 13.0. The summed E-state index contributed by atoms with van der Waals surface area (Å²) in [5.74, 6) is 0.575. The first-order valence-corrected chi connectivity index (χ1v) is 11.6. The molecule has 0 aliphatic rings. The maximum Gasteiger partial charge on any atom is 0.418 e. The normalized spacial score (nSPS) is 14.7. The van der Waals surface area contributed by atoms with Crippen molar-refractivity contribution in [3.05, 3.63) is 34.9 Å². The van der Waals surface area contributed by atoms with E-state index in [2.05, 4.69) is 35.9 Å². The SMILES string of the molecule is CC=S(=O)(NC(=O)OCC)c1ccc(Nc2ncc(Br)c(O[C@H](C)[C@@H](C)O)n2)cc1. The molecule has 0 radical (unpaired) electrons. The van der Waals surface area contributed by atoms with Crippen LogP contribution >= 0.6 is 15.9 Å². The summed E-state index contributed by atoms with van der Waals surface area (Å²) in [4.78, 5) is 20.6. The number of hydrogen-bond donors (Lipinski definition) is 3. The second-order valence-electron chi connectivity index (χ2n) is 6.22. The predicted molar refractivity (Wildman–Crippen MR) is 120 cm³/mol. The summed E-state index contributed by atoms with van der Waals surface area (Å²) in [7, 11) is -2.91. The fourth-order valence-corrected chi connectivity index (χ4v) is 3.82. The number of ether oxygens (including phenoxy) is 2. The topological polar surface area (TPSA) is 123 Å². The lowest BCUT2D eigenvalue weighted by Crippen LogP contribution is -2.32. The van der Waals surface area contributed by atoms with Gasteiger partial charge in [-0.05, 0) is 73.3 Å². The molecule has 1 aromatic carbocycles. The third kappa shape index (κ3) is 6.31. The van der Waals surface area contributed by atoms with Gasteiger partial charge in [0.25, 0.3) is 0 Å². The number of aliphatic hydroxyl groups excluding tert-OH is 1. The Kier molecular flexibility index (Phi) is 8.44. The van der Waals surface area contributed by atoms with Gasteiger partial charge in [-0.3, -0.25) is 0 Å². The molecule has 0 saturated carbocycles. The molecule has 0 fully saturated rings. The Balaban J connectivity index is 2.18. The molecule has 1 unspecified atom stereocenters. The van der Waals surface area contributed by atoms with Crippen LogP contribution in [0.4, 0.5) is 16.4 Å². The van der Waals surface area contributed by atoms with E-state index in [9.17, 15) is 14.1 Å². The molecule has 3 N–H and O–H groups in total. The molecule has 3 atom stereocenters. The predicted octanol–water partition coefficient (Wildman–Crippen LogP) is 3.26. The lowest BCUT2D eigenvalue weighted by molar-refractivity contribution is 0.0569. The van der Waals surface area contributed by atoms with Gasteiger partial charge >= 0.3 is 6.09 Å². The lowest BCUT2D eigenvalue weighted by atomic mass is 10.3. The van der Waals surface area contributed by atoms with Crippen molar-refractivity contribution >= 4 is 48.7 Å². The summed E-state index contributed by atoms with van der Waals surface area (Å²) in [5, 5.41) is 14.1. The number of carbonyl (C=O) groups is 1. The summed E-state index contributed by atoms with van der Waals surface area (Å²) in [6.45, 7) is 6.82. The zero-order valence-electron chi connectivity index (χ0n) is 17.1. The van der Waals surface area contributed by atoms with Gasteiger partial charge < -0.3 is 19.9 Å². The van der Waals surface area contributed by atoms with Gasteiger partial charge in [-0.25, -0.2) is 18.7 Å². The highest BCUT2D eigenvalue weighted by molar-refractivity contribution is 9.10. The van der Waals surface area contributed by atoms with Crippen molar-refractivity contribution in [2.75, 3.05) is 11.9 Å². The van der Waals surface area contributed by atoms with Gasteiger partial charge in [0.1, 0.15) is 6.10 Å². The van der Waals surface area contributed by atoms with Gasteiger partial charge in [-0.1, -0.05) is 0 Å². The molecule has 0 saturated heterocycles. The van der Waals surface area contributed by atoms with Gasteiger partial charge in [-0.2, -0.15) is 4.98 Å². The summed E-state index contributed by atoms with van der Waals surface area (Å²) in [5.41, 5.74) is 0.643. The van der Waals surface area contributed by atoms with Crippen molar-refractivity contribution in [3.63, 3.8) is 0 Å². The van der Waals surface area contributed by atoms with Gasteiger partial charge in [0.15, 0.2) is 0 Å². The molecule has 1 aromatic heterocycles. The Morgan fingerprint density at radius 1 is 1.33 bits per heavy atom. The summed E-state index contributed by atoms with van der Waals surface area (Å²) >= 11 is 3.32. The van der Waals surface area contributed by atoms with Crippen molar-refractivity contribution in [3.8, 4) is 5.88 Å². The van der Waals surface area contributed by atoms with Crippen LogP contribution in [-0.4, -0.2) is 49.6 Å². The fraction of sp³-hybridized carbons (Fsp3) is 0.368. The Bertz CT molecular complexity index is 991. The number of hydrogen-bond acceptors (Lipinski definition) is 8. The van der Waals surface area contributed by atoms with E-state index < -0.39 is 28.0 Å². The lowest BCUT2D eigenvalue weighted by Gasteiger charge is -2.17. The van der Waals surface area contributed by atoms with Crippen molar-refractivity contribution in [1.29, 1.82) is 0 Å². The molecule has 1 heterocycles. The number of amides is 1. The Hall–Kier alpha value is -2.37. The average Bonchev–Trinajstić information content (AvgIpc) is 2.71. The van der Waals surface area contributed by atoms with E-state index in [-0.39, 0.29) is 12.6 Å². The molecule has 11 heteroatoms. The van der Waals surface area contributed by atoms with Gasteiger partial charge in [0.05, 0.1) is 38.0 Å². The average molecular weight is 501 g/mol. The molecule has 1 amide bonds. The van der Waals surface area contributed by atoms with E-state index in [1.54, 1.807) is 52.0 Å². The van der Waals surface area contributed by atoms with Crippen molar-refractivity contribution in [2.24, 2.45) is 0 Å². The van der Waals surface area contributed by atoms with Crippen LogP contribution < -0.4 is 14.8 Å². The van der Waals surface area contributed by atoms with Crippen LogP contribution in [0.25, 0.3) is 0 Å². The van der Waals surface area contributed by atoms with Crippen LogP contribution in [0.15, 0.2) is 39.8 Å². The van der Waals surface area contributed by atoms with Crippen LogP contribution in [0, 0.1) is 0 Å². The van der Waals surface area contributed by atoms with E-state index in [1.807, 2.05) is 0 Å². The number of aliphatic hydroxyl groups is 1. The van der Waals surface area contributed by atoms with Gasteiger partial charge in [0, 0.05) is 5.69 Å². The third-order valence-electron chi connectivity index (χ3n) is 3.99. The third-order valence-corrected chi connectivity index (χ3v) is 6.64. The molecule has 0 aliphatic heterocycles. The monoisotopic (exact) mass is 500 g/mol. The van der Waals surface area contributed by atoms with E-state index in [0.717, 1.165) is 0 Å². The molecule has 0 spiro atoms. The molecule has 9 nitrogen and oxygen atoms in total. The minimum atomic E-state index is -2.91. The molecule has 2 rings (SSSR count). The quantitative estimate of drug-likeness (QED) is 0.472. The van der Waals surface area contributed by atoms with E-state index in [1.165, 1.54) is 11.6 Å². The summed E-state index contributed by atoms with van der Waals surface area (Å²) < 4.78 is 26.4. The number of benzene rings is 1. The summed E-state index contributed by atoms with van der Waals surface area (Å²) in [6.07, 6.45) is -0.321. The molecule has 164 valence electrons. The van der Waals surface area contributed by atoms with Crippen LogP contribution in [0.2, 0.25) is 0 Å². The number of nitrogens with one attached hydrogen (secondary N) is 2. The number of carbonyl (C=O) groups excluding carboxylic acids is 1. The highest BCUT2D eigenvalue weighted by Gasteiger charge is 2.16. The Morgan fingerprint density at radius 3 is 2.57 bits per heavy atom. The van der Waals surface area contributed by atoms with Crippen molar-refractivity contribution < 1.29 is 23.6 Å². The van der Waals surface area contributed by atoms with Gasteiger partial charge in [-0.15, -0.1) is 0 Å². The number of nitrogens with zero attached hydrogens (tertiary/aromatic N) is 2. The van der Waals surface area contributed by atoms with Crippen LogP contribution in [0.5, 0.6) is 5.88 Å². The second-order valence-corrected chi connectivity index (χ2v) is 9.42. The largest absolute Gasteiger partial charge is 0.471 e. The zero-order chi connectivity index (χ0) is 22.3. The zero-order valence-corrected chi connectivity index (χ0v) is 19.5. The van der Waals surface area contributed by atoms with Crippen LogP contribution in [0.3, 0.4) is 0 Å². The minimum absolute atomic E-state index is 0.183. The van der Waals surface area contributed by atoms with E-state index in [0.29, 0.717) is 20.9 Å². The Morgan fingerprint density at radius 2 is 2.00 bits per heavy atom. The Labute approximate surface area is 184 Å². The smallest absolute Gasteiger partial charge is 0.418 e. The number of aromatic nitrogens is 2. The second kappa shape index (κ2) is 10.6. The van der Waals surface area contributed by atoms with Gasteiger partial charge in [0.2, 0.25) is 11.8 Å². The first kappa shape index (κ1) is 23.9. The van der Waals surface area contributed by atoms with Crippen LogP contribution in [-0.2, 0) is 14.4 Å². The number of anilines is 2. The highest BCUT2D eigenvalue weighted by atomic mass is 79.9. The van der Waals surface area contributed by atoms with Crippen LogP contribution in [0.1, 0.15) is 27.7 Å². The first-order chi connectivity index (χ1) is 14.2. The summed E-state index contributed by atoms with van der Waals surface area (Å²) in [6, 6.07) is 6.64. The highest BCUT2D eigenvalue weighted by Crippen LogP contribution is 2.25. The van der Waals surface area contributed by atoms with Crippen molar-refractivity contribution in [1.82, 2.24) is 14.7 Å². The standard InChI is InChI=1S/C19H25BrN4O5S/c1-5-28-19(26)24-30(27,6-2)15-9-7-14(8-10-15)22-18-21-11-16(20)17(23-18)29-13(4)12(3)25/h6-13,25H,5H2,1-4H3,(H,21,22,23)(H,24,26,27)/t12-,13-,30?/m1/s1. The molecule has 0 bridgehead atoms. The van der Waals surface area contributed by atoms with E-state index >= 15 is 0 Å². The molecular weight excluding hydrogens is 476 g/mol. The first-order valence-electron chi connectivity index (χ1n) is 9.21. The van der Waals surface area contributed by atoms with E-state index in [4.69, 9.17) is 9.47 Å². The number of halogens is 1. The number of rotatable bonds is 8. The fourth-order valence-electron chi connectivity index (χ4n) is 2.18. The maximum atomic E-state index is 13.0. The van der Waals surface area contributed by atoms with Crippen molar-refractivity contribution in [2.45, 2.75) is 44.8 Å². The minimum Gasteiger partial charge on any atom is -0.471 e. The molecule has 30 heavy (non-hydrogen) atoms. The molecule has 2 aromatic rings. The molecule has 0 aliphatic carbocycles.